The van der Waals surface area contributed by atoms with Crippen molar-refractivity contribution < 1.29 is 0 Å². The van der Waals surface area contributed by atoms with Crippen LogP contribution >= 0.6 is 0 Å². The van der Waals surface area contributed by atoms with Gasteiger partial charge in [0.05, 0.1) is 0 Å². The molecule has 0 fully saturated rings. The van der Waals surface area contributed by atoms with Gasteiger partial charge in [-0.3, -0.25) is 0 Å². The van der Waals surface area contributed by atoms with Crippen LogP contribution < -0.4 is 5.32 Å². The lowest BCUT2D eigenvalue weighted by Crippen LogP contribution is -2.39. The molecular weight excluding hydrogens is 194 g/mol. The fraction of sp³-hybridized carbons (Fsp3) is 0.600. The molecule has 0 aromatic heterocycles. The van der Waals surface area contributed by atoms with Crippen molar-refractivity contribution in [2.24, 2.45) is 5.41 Å². The van der Waals surface area contributed by atoms with Crippen molar-refractivity contribution >= 4 is 0 Å². The Labute approximate surface area is 100 Å². The van der Waals surface area contributed by atoms with Crippen molar-refractivity contribution in [3.8, 4) is 0 Å². The van der Waals surface area contributed by atoms with Gasteiger partial charge in [-0.15, -0.1) is 0 Å². The monoisotopic (exact) mass is 219 g/mol. The molecule has 90 valence electrons. The van der Waals surface area contributed by atoms with Crippen LogP contribution in [0.25, 0.3) is 0 Å². The summed E-state index contributed by atoms with van der Waals surface area (Å²) in [6.45, 7) is 13.4. The molecule has 0 amide bonds. The number of aryl methyl sites for hydroxylation is 1. The van der Waals surface area contributed by atoms with Gasteiger partial charge in [-0.05, 0) is 31.7 Å². The van der Waals surface area contributed by atoms with E-state index in [0.29, 0.717) is 17.5 Å². The predicted molar refractivity (Wildman–Crippen MR) is 71.6 cm³/mol. The van der Waals surface area contributed by atoms with Crippen molar-refractivity contribution in [2.75, 3.05) is 0 Å². The van der Waals surface area contributed by atoms with Crippen molar-refractivity contribution in [2.45, 2.75) is 53.6 Å². The van der Waals surface area contributed by atoms with Gasteiger partial charge in [-0.25, -0.2) is 0 Å². The van der Waals surface area contributed by atoms with Crippen molar-refractivity contribution in [1.29, 1.82) is 0 Å². The quantitative estimate of drug-likeness (QED) is 0.807. The minimum atomic E-state index is 0.304. The zero-order valence-electron chi connectivity index (χ0n) is 11.5. The van der Waals surface area contributed by atoms with Crippen molar-refractivity contribution in [1.82, 2.24) is 5.32 Å². The van der Waals surface area contributed by atoms with Gasteiger partial charge in [0.25, 0.3) is 0 Å². The van der Waals surface area contributed by atoms with Crippen LogP contribution in [0.4, 0.5) is 0 Å². The second-order valence-corrected chi connectivity index (χ2v) is 5.89. The van der Waals surface area contributed by atoms with E-state index in [1.165, 1.54) is 11.1 Å². The first-order valence-electron chi connectivity index (χ1n) is 6.13. The topological polar surface area (TPSA) is 12.0 Å². The summed E-state index contributed by atoms with van der Waals surface area (Å²) in [6.07, 6.45) is 0. The van der Waals surface area contributed by atoms with Gasteiger partial charge < -0.3 is 5.32 Å². The highest BCUT2D eigenvalue weighted by Gasteiger charge is 2.21. The Balaban J connectivity index is 2.69. The molecule has 0 aliphatic carbocycles. The van der Waals surface area contributed by atoms with Crippen LogP contribution in [0.15, 0.2) is 24.3 Å². The van der Waals surface area contributed by atoms with Crippen LogP contribution in [0, 0.1) is 12.3 Å². The van der Waals surface area contributed by atoms with Crippen LogP contribution in [-0.4, -0.2) is 6.04 Å². The lowest BCUT2D eigenvalue weighted by Gasteiger charge is -2.31. The van der Waals surface area contributed by atoms with E-state index in [1.54, 1.807) is 0 Å². The molecule has 0 bridgehead atoms. The molecule has 1 N–H and O–H groups in total. The standard InChI is InChI=1S/C15H25N/c1-11-8-7-9-14(10-11)12(2)16-13(3)15(4,5)6/h7-10,12-13,16H,1-6H3. The molecule has 0 saturated carbocycles. The second-order valence-electron chi connectivity index (χ2n) is 5.89. The number of nitrogens with one attached hydrogen (secondary N) is 1. The maximum Gasteiger partial charge on any atom is 0.0294 e. The summed E-state index contributed by atoms with van der Waals surface area (Å²) in [7, 11) is 0. The Bertz CT molecular complexity index is 336. The molecule has 1 aromatic rings. The summed E-state index contributed by atoms with van der Waals surface area (Å²) in [5.74, 6) is 0. The van der Waals surface area contributed by atoms with Crippen molar-refractivity contribution in [3.05, 3.63) is 35.4 Å². The van der Waals surface area contributed by atoms with E-state index in [9.17, 15) is 0 Å². The molecule has 2 unspecified atom stereocenters. The van der Waals surface area contributed by atoms with E-state index in [4.69, 9.17) is 0 Å². The summed E-state index contributed by atoms with van der Waals surface area (Å²) >= 11 is 0. The summed E-state index contributed by atoms with van der Waals surface area (Å²) in [5, 5.41) is 3.66. The van der Waals surface area contributed by atoms with Gasteiger partial charge in [0.15, 0.2) is 0 Å². The minimum Gasteiger partial charge on any atom is -0.307 e. The normalized spacial score (nSPS) is 15.9. The third-order valence-electron chi connectivity index (χ3n) is 3.34. The Kier molecular flexibility index (Phi) is 4.15. The van der Waals surface area contributed by atoms with Crippen molar-refractivity contribution in [3.63, 3.8) is 0 Å². The average Bonchev–Trinajstić information content (AvgIpc) is 2.16. The Hall–Kier alpha value is -0.820. The van der Waals surface area contributed by atoms with Gasteiger partial charge in [-0.2, -0.15) is 0 Å². The van der Waals surface area contributed by atoms with E-state index in [1.807, 2.05) is 0 Å². The lowest BCUT2D eigenvalue weighted by atomic mass is 9.87. The summed E-state index contributed by atoms with van der Waals surface area (Å²) in [4.78, 5) is 0. The number of hydrogen-bond acceptors (Lipinski definition) is 1. The largest absolute Gasteiger partial charge is 0.307 e. The summed E-state index contributed by atoms with van der Waals surface area (Å²) < 4.78 is 0. The molecule has 0 aliphatic rings. The third-order valence-corrected chi connectivity index (χ3v) is 3.34. The maximum atomic E-state index is 3.66. The fourth-order valence-corrected chi connectivity index (χ4v) is 1.66. The van der Waals surface area contributed by atoms with Crippen LogP contribution in [0.2, 0.25) is 0 Å². The van der Waals surface area contributed by atoms with Gasteiger partial charge in [0.2, 0.25) is 0 Å². The first-order chi connectivity index (χ1) is 7.30. The zero-order valence-corrected chi connectivity index (χ0v) is 11.5. The summed E-state index contributed by atoms with van der Waals surface area (Å²) in [6, 6.07) is 9.64. The van der Waals surface area contributed by atoms with E-state index < -0.39 is 0 Å². The Morgan fingerprint density at radius 3 is 2.25 bits per heavy atom. The Morgan fingerprint density at radius 2 is 1.75 bits per heavy atom. The number of benzene rings is 1. The highest BCUT2D eigenvalue weighted by Crippen LogP contribution is 2.22. The minimum absolute atomic E-state index is 0.304. The smallest absolute Gasteiger partial charge is 0.0294 e. The molecule has 1 rings (SSSR count). The molecular formula is C15H25N. The molecule has 0 saturated heterocycles. The molecule has 16 heavy (non-hydrogen) atoms. The molecule has 0 spiro atoms. The first-order valence-corrected chi connectivity index (χ1v) is 6.13. The fourth-order valence-electron chi connectivity index (χ4n) is 1.66. The first kappa shape index (κ1) is 13.2. The maximum absolute atomic E-state index is 3.66. The Morgan fingerprint density at radius 1 is 1.12 bits per heavy atom. The number of rotatable bonds is 3. The van der Waals surface area contributed by atoms with Gasteiger partial charge in [-0.1, -0.05) is 50.6 Å². The van der Waals surface area contributed by atoms with Gasteiger partial charge in [0, 0.05) is 12.1 Å². The van der Waals surface area contributed by atoms with Gasteiger partial charge in [0.1, 0.15) is 0 Å². The molecule has 0 heterocycles. The van der Waals surface area contributed by atoms with Crippen LogP contribution in [0.1, 0.15) is 51.8 Å². The molecule has 1 nitrogen and oxygen atoms in total. The highest BCUT2D eigenvalue weighted by molar-refractivity contribution is 5.24. The zero-order chi connectivity index (χ0) is 12.3. The second kappa shape index (κ2) is 5.01. The molecule has 1 aromatic carbocycles. The molecule has 0 aliphatic heterocycles. The predicted octanol–water partition coefficient (Wildman–Crippen LogP) is 4.08. The molecule has 1 heteroatoms. The third kappa shape index (κ3) is 3.64. The SMILES string of the molecule is Cc1cccc(C(C)NC(C)C(C)(C)C)c1. The highest BCUT2D eigenvalue weighted by atomic mass is 15.0. The van der Waals surface area contributed by atoms with E-state index in [-0.39, 0.29) is 0 Å². The molecule has 2 atom stereocenters. The van der Waals surface area contributed by atoms with E-state index in [0.717, 1.165) is 0 Å². The van der Waals surface area contributed by atoms with E-state index >= 15 is 0 Å². The average molecular weight is 219 g/mol. The number of hydrogen-bond donors (Lipinski definition) is 1. The van der Waals surface area contributed by atoms with Gasteiger partial charge >= 0.3 is 0 Å². The molecule has 0 radical (unpaired) electrons. The van der Waals surface area contributed by atoms with Crippen LogP contribution in [0.5, 0.6) is 0 Å². The van der Waals surface area contributed by atoms with Crippen LogP contribution in [-0.2, 0) is 0 Å². The van der Waals surface area contributed by atoms with E-state index in [2.05, 4.69) is 71.1 Å². The summed E-state index contributed by atoms with van der Waals surface area (Å²) in [5.41, 5.74) is 3.00. The van der Waals surface area contributed by atoms with Crippen LogP contribution in [0.3, 0.4) is 0 Å². The lowest BCUT2D eigenvalue weighted by molar-refractivity contribution is 0.268.